The molecule has 0 amide bonds. The Balaban J connectivity index is 1.08. The van der Waals surface area contributed by atoms with Gasteiger partial charge >= 0.3 is 0 Å². The highest BCUT2D eigenvalue weighted by Crippen LogP contribution is 2.35. The lowest BCUT2D eigenvalue weighted by molar-refractivity contribution is -0.135. The van der Waals surface area contributed by atoms with E-state index >= 15 is 0 Å². The molecule has 2 saturated heterocycles. The first-order valence-corrected chi connectivity index (χ1v) is 12.8. The zero-order chi connectivity index (χ0) is 25.2. The third-order valence-corrected chi connectivity index (χ3v) is 7.15. The molecule has 8 nitrogen and oxygen atoms in total. The first kappa shape index (κ1) is 23.8. The lowest BCUT2D eigenvalue weighted by Crippen LogP contribution is -2.42. The Kier molecular flexibility index (Phi) is 6.48. The van der Waals surface area contributed by atoms with Gasteiger partial charge in [-0.25, -0.2) is 14.4 Å². The van der Waals surface area contributed by atoms with Gasteiger partial charge < -0.3 is 19.4 Å². The van der Waals surface area contributed by atoms with E-state index in [4.69, 9.17) is 14.3 Å². The summed E-state index contributed by atoms with van der Waals surface area (Å²) in [5, 5.41) is 8.12. The van der Waals surface area contributed by atoms with E-state index in [1.54, 1.807) is 18.4 Å². The minimum absolute atomic E-state index is 0.110. The summed E-state index contributed by atoms with van der Waals surface area (Å²) in [6.45, 7) is 7.21. The Hall–Kier alpha value is -3.56. The van der Waals surface area contributed by atoms with Gasteiger partial charge in [-0.15, -0.1) is 0 Å². The number of aromatic nitrogens is 4. The van der Waals surface area contributed by atoms with Crippen LogP contribution in [0.5, 0.6) is 0 Å². The number of rotatable bonds is 9. The Morgan fingerprint density at radius 3 is 2.57 bits per heavy atom. The maximum Gasteiger partial charge on any atom is 0.247 e. The van der Waals surface area contributed by atoms with E-state index in [-0.39, 0.29) is 13.2 Å². The quantitative estimate of drug-likeness (QED) is 0.357. The molecule has 2 aliphatic heterocycles. The van der Waals surface area contributed by atoms with Crippen molar-refractivity contribution in [1.29, 1.82) is 0 Å². The maximum absolute atomic E-state index is 14.5. The van der Waals surface area contributed by atoms with Crippen LogP contribution in [0, 0.1) is 6.92 Å². The molecule has 0 atom stereocenters. The van der Waals surface area contributed by atoms with Gasteiger partial charge in [0.25, 0.3) is 0 Å². The zero-order valence-electron chi connectivity index (χ0n) is 21.0. The molecule has 0 saturated carbocycles. The van der Waals surface area contributed by atoms with Crippen molar-refractivity contribution >= 4 is 5.82 Å². The van der Waals surface area contributed by atoms with Gasteiger partial charge in [0, 0.05) is 30.5 Å². The third kappa shape index (κ3) is 5.14. The minimum Gasteiger partial charge on any atom is -0.443 e. The molecule has 0 radical (unpaired) electrons. The smallest absolute Gasteiger partial charge is 0.247 e. The van der Waals surface area contributed by atoms with E-state index < -0.39 is 5.67 Å². The molecule has 192 valence electrons. The number of hydrogen-bond donors (Lipinski definition) is 1. The number of pyridine rings is 1. The highest BCUT2D eigenvalue weighted by Gasteiger charge is 2.40. The number of halogens is 1. The molecule has 6 rings (SSSR count). The number of anilines is 1. The number of ether oxygens (including phenoxy) is 1. The summed E-state index contributed by atoms with van der Waals surface area (Å²) >= 11 is 0. The van der Waals surface area contributed by atoms with E-state index in [0.29, 0.717) is 29.4 Å². The van der Waals surface area contributed by atoms with Crippen LogP contribution in [0.1, 0.15) is 29.7 Å². The Labute approximate surface area is 215 Å². The second-order valence-electron chi connectivity index (χ2n) is 9.93. The number of oxazole rings is 1. The van der Waals surface area contributed by atoms with Crippen LogP contribution >= 0.6 is 0 Å². The summed E-state index contributed by atoms with van der Waals surface area (Å²) < 4.78 is 27.2. The van der Waals surface area contributed by atoms with Crippen LogP contribution in [0.15, 0.2) is 59.3 Å². The highest BCUT2D eigenvalue weighted by atomic mass is 19.1. The first-order valence-electron chi connectivity index (χ1n) is 12.8. The third-order valence-electron chi connectivity index (χ3n) is 7.15. The maximum atomic E-state index is 14.5. The number of benzene rings is 1. The summed E-state index contributed by atoms with van der Waals surface area (Å²) in [6.07, 6.45) is 6.12. The molecule has 2 fully saturated rings. The Morgan fingerprint density at radius 1 is 1.05 bits per heavy atom. The predicted molar refractivity (Wildman–Crippen MR) is 139 cm³/mol. The standard InChI is InChI=1S/C28H31FN6O2/c1-20-14-24(27-32-25(17-37-27)22-5-7-23(8-6-22)28(29)18-36-19-28)33-35(20)16-21-4-9-26(31-15-21)30-10-13-34-11-2-3-12-34/h4-9,14-15,17H,2-3,10-13,16,18-19H2,1H3,(H,30,31). The lowest BCUT2D eigenvalue weighted by atomic mass is 9.93. The van der Waals surface area contributed by atoms with Crippen molar-refractivity contribution in [3.05, 3.63) is 71.7 Å². The van der Waals surface area contributed by atoms with Crippen LogP contribution in [-0.2, 0) is 17.0 Å². The van der Waals surface area contributed by atoms with Gasteiger partial charge in [0.05, 0.1) is 19.8 Å². The molecule has 0 spiro atoms. The molecule has 2 aliphatic rings. The van der Waals surface area contributed by atoms with Crippen molar-refractivity contribution < 1.29 is 13.5 Å². The molecular weight excluding hydrogens is 471 g/mol. The molecule has 4 aromatic rings. The average molecular weight is 503 g/mol. The van der Waals surface area contributed by atoms with Crippen LogP contribution in [0.4, 0.5) is 10.2 Å². The van der Waals surface area contributed by atoms with Crippen molar-refractivity contribution in [3.63, 3.8) is 0 Å². The van der Waals surface area contributed by atoms with Gasteiger partial charge in [-0.05, 0) is 56.1 Å². The molecule has 37 heavy (non-hydrogen) atoms. The molecule has 0 bridgehead atoms. The van der Waals surface area contributed by atoms with Crippen molar-refractivity contribution in [2.75, 3.05) is 44.7 Å². The number of alkyl halides is 1. The minimum atomic E-state index is -1.38. The summed E-state index contributed by atoms with van der Waals surface area (Å²) in [4.78, 5) is 11.7. The predicted octanol–water partition coefficient (Wildman–Crippen LogP) is 4.66. The number of nitrogens with zero attached hydrogens (tertiary/aromatic N) is 5. The SMILES string of the molecule is Cc1cc(-c2nc(-c3ccc(C4(F)COC4)cc3)co2)nn1Cc1ccc(NCCN2CCCC2)nc1. The van der Waals surface area contributed by atoms with Gasteiger partial charge in [0.15, 0.2) is 5.67 Å². The molecule has 1 aromatic carbocycles. The Morgan fingerprint density at radius 2 is 1.86 bits per heavy atom. The van der Waals surface area contributed by atoms with Gasteiger partial charge in [-0.2, -0.15) is 5.10 Å². The Bertz CT molecular complexity index is 1340. The number of nitrogens with one attached hydrogen (secondary N) is 1. The second kappa shape index (κ2) is 10.1. The van der Waals surface area contributed by atoms with Gasteiger partial charge in [-0.3, -0.25) is 4.68 Å². The average Bonchev–Trinajstić information content (AvgIpc) is 3.66. The zero-order valence-corrected chi connectivity index (χ0v) is 21.0. The highest BCUT2D eigenvalue weighted by molar-refractivity contribution is 5.62. The number of likely N-dealkylation sites (tertiary alicyclic amines) is 1. The number of hydrogen-bond acceptors (Lipinski definition) is 7. The van der Waals surface area contributed by atoms with Crippen molar-refractivity contribution in [1.82, 2.24) is 24.6 Å². The molecule has 1 N–H and O–H groups in total. The molecule has 3 aromatic heterocycles. The fourth-order valence-corrected chi connectivity index (χ4v) is 4.83. The van der Waals surface area contributed by atoms with Crippen LogP contribution in [0.3, 0.4) is 0 Å². The van der Waals surface area contributed by atoms with Crippen LogP contribution in [0.25, 0.3) is 22.8 Å². The van der Waals surface area contributed by atoms with E-state index in [9.17, 15) is 4.39 Å². The molecule has 0 unspecified atom stereocenters. The van der Waals surface area contributed by atoms with Gasteiger partial charge in [0.1, 0.15) is 23.5 Å². The monoisotopic (exact) mass is 502 g/mol. The lowest BCUT2D eigenvalue weighted by Gasteiger charge is -2.34. The van der Waals surface area contributed by atoms with Crippen LogP contribution in [0.2, 0.25) is 0 Å². The summed E-state index contributed by atoms with van der Waals surface area (Å²) in [5.74, 6) is 1.34. The molecule has 9 heteroatoms. The summed E-state index contributed by atoms with van der Waals surface area (Å²) in [7, 11) is 0. The number of aryl methyl sites for hydroxylation is 1. The van der Waals surface area contributed by atoms with E-state index in [1.165, 1.54) is 25.9 Å². The largest absolute Gasteiger partial charge is 0.443 e. The fourth-order valence-electron chi connectivity index (χ4n) is 4.83. The molecule has 0 aliphatic carbocycles. The normalized spacial score (nSPS) is 17.1. The van der Waals surface area contributed by atoms with E-state index in [1.807, 2.05) is 42.1 Å². The first-order chi connectivity index (χ1) is 18.1. The summed E-state index contributed by atoms with van der Waals surface area (Å²) in [5.41, 5.74) is 3.53. The second-order valence-corrected chi connectivity index (χ2v) is 9.93. The molecule has 5 heterocycles. The van der Waals surface area contributed by atoms with Gasteiger partial charge in [-0.1, -0.05) is 30.3 Å². The van der Waals surface area contributed by atoms with Crippen LogP contribution in [-0.4, -0.2) is 64.0 Å². The van der Waals surface area contributed by atoms with Crippen molar-refractivity contribution in [2.45, 2.75) is 32.0 Å². The summed E-state index contributed by atoms with van der Waals surface area (Å²) in [6, 6.07) is 13.4. The fraction of sp³-hybridized carbons (Fsp3) is 0.393. The topological polar surface area (TPSA) is 81.2 Å². The van der Waals surface area contributed by atoms with Crippen molar-refractivity contribution in [2.24, 2.45) is 0 Å². The van der Waals surface area contributed by atoms with Crippen molar-refractivity contribution in [3.8, 4) is 22.8 Å². The van der Waals surface area contributed by atoms with Gasteiger partial charge in [0.2, 0.25) is 5.89 Å². The van der Waals surface area contributed by atoms with Crippen LogP contribution < -0.4 is 5.32 Å². The van der Waals surface area contributed by atoms with E-state index in [2.05, 4.69) is 26.3 Å². The van der Waals surface area contributed by atoms with E-state index in [0.717, 1.165) is 35.7 Å². The molecular formula is C28H31FN6O2.